The van der Waals surface area contributed by atoms with E-state index in [1.54, 1.807) is 36.4 Å². The second-order valence-corrected chi connectivity index (χ2v) is 8.35. The first-order valence-corrected chi connectivity index (χ1v) is 11.8. The van der Waals surface area contributed by atoms with Crippen LogP contribution in [0, 0.1) is 6.92 Å². The lowest BCUT2D eigenvalue weighted by atomic mass is 10.2. The lowest BCUT2D eigenvalue weighted by molar-refractivity contribution is -0.119. The van der Waals surface area contributed by atoms with Gasteiger partial charge in [0.05, 0.1) is 12.2 Å². The van der Waals surface area contributed by atoms with Crippen molar-refractivity contribution < 1.29 is 23.9 Å². The molecule has 4 N–H and O–H groups in total. The highest BCUT2D eigenvalue weighted by atomic mass is 35.5. The molecule has 0 aliphatic rings. The second kappa shape index (κ2) is 13.1. The molecule has 10 nitrogen and oxygen atoms in total. The minimum absolute atomic E-state index is 0.157. The number of aryl methyl sites for hydroxylation is 1. The van der Waals surface area contributed by atoms with Gasteiger partial charge in [-0.3, -0.25) is 14.6 Å². The maximum Gasteiger partial charge on any atom is 0.319 e. The number of amides is 4. The summed E-state index contributed by atoms with van der Waals surface area (Å²) in [4.78, 5) is 39.3. The molecule has 0 unspecified atom stereocenters. The van der Waals surface area contributed by atoms with Gasteiger partial charge in [0.15, 0.2) is 0 Å². The number of urea groups is 1. The van der Waals surface area contributed by atoms with Crippen LogP contribution in [0.15, 0.2) is 54.7 Å². The second-order valence-electron chi connectivity index (χ2n) is 7.94. The van der Waals surface area contributed by atoms with Crippen molar-refractivity contribution >= 4 is 35.1 Å². The predicted molar refractivity (Wildman–Crippen MR) is 140 cm³/mol. The molecule has 0 spiro atoms. The molecule has 11 heteroatoms. The van der Waals surface area contributed by atoms with Gasteiger partial charge >= 0.3 is 6.03 Å². The predicted octanol–water partition coefficient (Wildman–Crippen LogP) is 4.03. The van der Waals surface area contributed by atoms with E-state index in [-0.39, 0.29) is 30.7 Å². The molecule has 4 amide bonds. The molecule has 3 aromatic rings. The normalized spacial score (nSPS) is 10.3. The summed E-state index contributed by atoms with van der Waals surface area (Å²) < 4.78 is 11.5. The van der Waals surface area contributed by atoms with E-state index in [4.69, 9.17) is 21.1 Å². The molecular formula is C26H28ClN5O5. The van der Waals surface area contributed by atoms with Crippen LogP contribution in [-0.2, 0) is 11.3 Å². The molecule has 0 aliphatic heterocycles. The van der Waals surface area contributed by atoms with Crippen LogP contribution < -0.4 is 30.7 Å². The fraction of sp³-hybridized carbons (Fsp3) is 0.231. The topological polar surface area (TPSA) is 131 Å². The summed E-state index contributed by atoms with van der Waals surface area (Å²) >= 11 is 6.21. The van der Waals surface area contributed by atoms with Gasteiger partial charge in [-0.05, 0) is 42.3 Å². The molecule has 37 heavy (non-hydrogen) atoms. The van der Waals surface area contributed by atoms with Crippen LogP contribution in [0.5, 0.6) is 17.2 Å². The van der Waals surface area contributed by atoms with Crippen LogP contribution in [0.3, 0.4) is 0 Å². The Balaban J connectivity index is 1.55. The Hall–Kier alpha value is -4.31. The SMILES string of the molecule is CNC(=O)c1cc(Oc2ccc(CNC(=O)Nc3cc(C)c(Cl)cc3OCCNC(C)=O)cc2)ccn1. The summed E-state index contributed by atoms with van der Waals surface area (Å²) in [6.07, 6.45) is 1.50. The number of rotatable bonds is 10. The third-order valence-electron chi connectivity index (χ3n) is 5.05. The van der Waals surface area contributed by atoms with E-state index < -0.39 is 6.03 Å². The summed E-state index contributed by atoms with van der Waals surface area (Å²) in [5.74, 6) is 0.985. The molecule has 1 heterocycles. The molecule has 0 fully saturated rings. The Kier molecular flexibility index (Phi) is 9.68. The highest BCUT2D eigenvalue weighted by Gasteiger charge is 2.12. The van der Waals surface area contributed by atoms with Gasteiger partial charge < -0.3 is 30.7 Å². The van der Waals surface area contributed by atoms with Crippen molar-refractivity contribution in [2.24, 2.45) is 0 Å². The van der Waals surface area contributed by atoms with Gasteiger partial charge in [0.1, 0.15) is 29.5 Å². The van der Waals surface area contributed by atoms with Crippen molar-refractivity contribution in [2.75, 3.05) is 25.5 Å². The molecule has 0 bridgehead atoms. The Labute approximate surface area is 219 Å². The zero-order valence-electron chi connectivity index (χ0n) is 20.7. The maximum atomic E-state index is 12.5. The number of nitrogens with zero attached hydrogens (tertiary/aromatic N) is 1. The van der Waals surface area contributed by atoms with E-state index in [0.717, 1.165) is 11.1 Å². The van der Waals surface area contributed by atoms with Crippen LogP contribution in [-0.4, -0.2) is 43.0 Å². The van der Waals surface area contributed by atoms with Gasteiger partial charge in [0, 0.05) is 43.9 Å². The molecule has 3 rings (SSSR count). The molecular weight excluding hydrogens is 498 g/mol. The number of carbonyl (C=O) groups excluding carboxylic acids is 3. The van der Waals surface area contributed by atoms with E-state index >= 15 is 0 Å². The fourth-order valence-electron chi connectivity index (χ4n) is 3.16. The van der Waals surface area contributed by atoms with Gasteiger partial charge in [-0.25, -0.2) is 4.79 Å². The van der Waals surface area contributed by atoms with Crippen LogP contribution in [0.4, 0.5) is 10.5 Å². The van der Waals surface area contributed by atoms with E-state index in [2.05, 4.69) is 26.3 Å². The van der Waals surface area contributed by atoms with E-state index in [9.17, 15) is 14.4 Å². The molecule has 0 aliphatic carbocycles. The molecule has 1 aromatic heterocycles. The van der Waals surface area contributed by atoms with Crippen molar-refractivity contribution in [2.45, 2.75) is 20.4 Å². The lowest BCUT2D eigenvalue weighted by Crippen LogP contribution is -2.29. The van der Waals surface area contributed by atoms with E-state index in [0.29, 0.717) is 34.5 Å². The lowest BCUT2D eigenvalue weighted by Gasteiger charge is -2.15. The minimum Gasteiger partial charge on any atom is -0.490 e. The summed E-state index contributed by atoms with van der Waals surface area (Å²) in [6, 6.07) is 13.3. The van der Waals surface area contributed by atoms with Gasteiger partial charge in [-0.1, -0.05) is 23.7 Å². The first kappa shape index (κ1) is 27.3. The van der Waals surface area contributed by atoms with Crippen LogP contribution in [0.1, 0.15) is 28.5 Å². The summed E-state index contributed by atoms with van der Waals surface area (Å²) in [7, 11) is 1.53. The van der Waals surface area contributed by atoms with Crippen molar-refractivity contribution in [1.82, 2.24) is 20.9 Å². The Morgan fingerprint density at radius 1 is 1.00 bits per heavy atom. The number of nitrogens with one attached hydrogen (secondary N) is 4. The van der Waals surface area contributed by atoms with Crippen LogP contribution in [0.2, 0.25) is 5.02 Å². The quantitative estimate of drug-likeness (QED) is 0.296. The molecule has 194 valence electrons. The third-order valence-corrected chi connectivity index (χ3v) is 5.45. The van der Waals surface area contributed by atoms with Crippen molar-refractivity contribution in [3.8, 4) is 17.2 Å². The zero-order chi connectivity index (χ0) is 26.8. The molecule has 0 saturated heterocycles. The number of halogens is 1. The molecule has 0 saturated carbocycles. The van der Waals surface area contributed by atoms with E-state index in [1.807, 2.05) is 19.1 Å². The fourth-order valence-corrected chi connectivity index (χ4v) is 3.31. The molecule has 0 atom stereocenters. The zero-order valence-corrected chi connectivity index (χ0v) is 21.4. The number of ether oxygens (including phenoxy) is 2. The maximum absolute atomic E-state index is 12.5. The Bertz CT molecular complexity index is 1270. The number of anilines is 1. The first-order chi connectivity index (χ1) is 17.7. The summed E-state index contributed by atoms with van der Waals surface area (Å²) in [5, 5.41) is 11.2. The number of benzene rings is 2. The number of hydrogen-bond donors (Lipinski definition) is 4. The van der Waals surface area contributed by atoms with Gasteiger partial charge in [-0.2, -0.15) is 0 Å². The summed E-state index contributed by atoms with van der Waals surface area (Å²) in [5.41, 5.74) is 2.34. The number of hydrogen-bond acceptors (Lipinski definition) is 6. The monoisotopic (exact) mass is 525 g/mol. The first-order valence-electron chi connectivity index (χ1n) is 11.4. The van der Waals surface area contributed by atoms with E-state index in [1.165, 1.54) is 20.2 Å². The minimum atomic E-state index is -0.424. The smallest absolute Gasteiger partial charge is 0.319 e. The van der Waals surface area contributed by atoms with Crippen molar-refractivity contribution in [3.05, 3.63) is 76.6 Å². The molecule has 2 aromatic carbocycles. The highest BCUT2D eigenvalue weighted by molar-refractivity contribution is 6.31. The van der Waals surface area contributed by atoms with Gasteiger partial charge in [-0.15, -0.1) is 0 Å². The average Bonchev–Trinajstić information content (AvgIpc) is 2.88. The average molecular weight is 526 g/mol. The largest absolute Gasteiger partial charge is 0.490 e. The standard InChI is InChI=1S/C26H28ClN5O5/c1-16-12-22(24(14-21(16)27)36-11-10-29-17(2)33)32-26(35)31-15-18-4-6-19(7-5-18)37-20-8-9-30-23(13-20)25(34)28-3/h4-9,12-14H,10-11,15H2,1-3H3,(H,28,34)(H,29,33)(H2,31,32,35). The highest BCUT2D eigenvalue weighted by Crippen LogP contribution is 2.31. The van der Waals surface area contributed by atoms with Gasteiger partial charge in [0.25, 0.3) is 5.91 Å². The number of carbonyl (C=O) groups is 3. The number of pyridine rings is 1. The van der Waals surface area contributed by atoms with Crippen LogP contribution >= 0.6 is 11.6 Å². The number of aromatic nitrogens is 1. The molecule has 0 radical (unpaired) electrons. The summed E-state index contributed by atoms with van der Waals surface area (Å²) in [6.45, 7) is 4.06. The van der Waals surface area contributed by atoms with Crippen molar-refractivity contribution in [3.63, 3.8) is 0 Å². The van der Waals surface area contributed by atoms with Crippen LogP contribution in [0.25, 0.3) is 0 Å². The Morgan fingerprint density at radius 2 is 1.76 bits per heavy atom. The third kappa shape index (κ3) is 8.39. The Morgan fingerprint density at radius 3 is 2.46 bits per heavy atom. The van der Waals surface area contributed by atoms with Gasteiger partial charge in [0.2, 0.25) is 5.91 Å². The van der Waals surface area contributed by atoms with Crippen molar-refractivity contribution in [1.29, 1.82) is 0 Å².